The summed E-state index contributed by atoms with van der Waals surface area (Å²) in [5.74, 6) is -0.391. The molecule has 0 atom stereocenters. The third-order valence-corrected chi connectivity index (χ3v) is 4.27. The van der Waals surface area contributed by atoms with E-state index in [1.165, 1.54) is 24.3 Å². The van der Waals surface area contributed by atoms with E-state index in [0.29, 0.717) is 10.7 Å². The number of hydrogen-bond donors (Lipinski definition) is 3. The Kier molecular flexibility index (Phi) is 7.26. The number of hydrogen-bond acceptors (Lipinski definition) is 4. The van der Waals surface area contributed by atoms with Gasteiger partial charge in [-0.15, -0.1) is 0 Å². The Hall–Kier alpha value is -1.67. The van der Waals surface area contributed by atoms with E-state index < -0.39 is 15.7 Å². The van der Waals surface area contributed by atoms with Crippen molar-refractivity contribution in [2.45, 2.75) is 31.1 Å². The number of unbranched alkanes of at least 4 members (excludes halogenated alkanes) is 2. The summed E-state index contributed by atoms with van der Waals surface area (Å²) in [6, 6.07) is 5.69. The summed E-state index contributed by atoms with van der Waals surface area (Å²) >= 11 is 5.03. The smallest absolute Gasteiger partial charge is 0.269 e. The third kappa shape index (κ3) is 6.40. The van der Waals surface area contributed by atoms with Crippen molar-refractivity contribution in [2.24, 2.45) is 0 Å². The minimum absolute atomic E-state index is 0.171. The predicted molar refractivity (Wildman–Crippen MR) is 90.3 cm³/mol. The lowest BCUT2D eigenvalue weighted by molar-refractivity contribution is 0.0943. The summed E-state index contributed by atoms with van der Waals surface area (Å²) < 4.78 is 22.7. The zero-order valence-electron chi connectivity index (χ0n) is 12.7. The van der Waals surface area contributed by atoms with Crippen LogP contribution in [0.4, 0.5) is 0 Å². The maximum atomic E-state index is 11.9. The van der Waals surface area contributed by atoms with Crippen LogP contribution in [0.2, 0.25) is 0 Å². The molecular formula is C14H21N3O3S2. The van der Waals surface area contributed by atoms with Crippen LogP contribution >= 0.6 is 12.2 Å². The highest BCUT2D eigenvalue weighted by molar-refractivity contribution is 7.90. The molecule has 0 aliphatic heterocycles. The van der Waals surface area contributed by atoms with Gasteiger partial charge in [-0.3, -0.25) is 15.6 Å². The largest absolute Gasteiger partial charge is 0.361 e. The molecule has 1 aromatic rings. The second-order valence-electron chi connectivity index (χ2n) is 4.84. The predicted octanol–water partition coefficient (Wildman–Crippen LogP) is 1.39. The Labute approximate surface area is 136 Å². The lowest BCUT2D eigenvalue weighted by Gasteiger charge is -2.11. The van der Waals surface area contributed by atoms with E-state index in [1.54, 1.807) is 0 Å². The van der Waals surface area contributed by atoms with E-state index in [4.69, 9.17) is 12.2 Å². The normalized spacial score (nSPS) is 10.8. The molecule has 1 amide bonds. The molecule has 0 heterocycles. The second kappa shape index (κ2) is 8.70. The lowest BCUT2D eigenvalue weighted by atomic mass is 10.2. The molecule has 22 heavy (non-hydrogen) atoms. The number of carbonyl (C=O) groups excluding carboxylic acids is 1. The number of rotatable bonds is 6. The number of thiocarbonyl (C=S) groups is 1. The van der Waals surface area contributed by atoms with Gasteiger partial charge in [0.15, 0.2) is 14.9 Å². The average Bonchev–Trinajstić information content (AvgIpc) is 2.48. The topological polar surface area (TPSA) is 87.3 Å². The van der Waals surface area contributed by atoms with Crippen molar-refractivity contribution in [1.29, 1.82) is 0 Å². The first-order valence-corrected chi connectivity index (χ1v) is 9.29. The van der Waals surface area contributed by atoms with E-state index in [1.807, 2.05) is 0 Å². The molecule has 1 aromatic carbocycles. The molecule has 1 rings (SSSR count). The fourth-order valence-corrected chi connectivity index (χ4v) is 2.44. The fourth-order valence-electron chi connectivity index (χ4n) is 1.66. The molecule has 122 valence electrons. The van der Waals surface area contributed by atoms with Crippen LogP contribution in [0.1, 0.15) is 36.5 Å². The van der Waals surface area contributed by atoms with Gasteiger partial charge in [-0.25, -0.2) is 8.42 Å². The maximum Gasteiger partial charge on any atom is 0.269 e. The zero-order chi connectivity index (χ0) is 16.6. The van der Waals surface area contributed by atoms with E-state index in [-0.39, 0.29) is 4.90 Å². The van der Waals surface area contributed by atoms with Crippen LogP contribution in [0.25, 0.3) is 0 Å². The van der Waals surface area contributed by atoms with E-state index in [2.05, 4.69) is 23.1 Å². The third-order valence-electron chi connectivity index (χ3n) is 2.90. The summed E-state index contributed by atoms with van der Waals surface area (Å²) in [7, 11) is -3.26. The standard InChI is InChI=1S/C14H21N3O3S2/c1-3-4-5-10-15-14(21)17-16-13(18)11-6-8-12(9-7-11)22(2,19)20/h6-9H,3-5,10H2,1-2H3,(H,16,18)(H2,15,17,21). The molecule has 3 N–H and O–H groups in total. The number of sulfone groups is 1. The summed E-state index contributed by atoms with van der Waals surface area (Å²) in [5.41, 5.74) is 5.40. The van der Waals surface area contributed by atoms with Crippen LogP contribution < -0.4 is 16.2 Å². The summed E-state index contributed by atoms with van der Waals surface area (Å²) in [5, 5.41) is 3.32. The molecule has 0 saturated carbocycles. The lowest BCUT2D eigenvalue weighted by Crippen LogP contribution is -2.46. The van der Waals surface area contributed by atoms with Crippen molar-refractivity contribution >= 4 is 33.1 Å². The molecule has 0 aliphatic rings. The van der Waals surface area contributed by atoms with Crippen LogP contribution in [0.15, 0.2) is 29.2 Å². The van der Waals surface area contributed by atoms with Crippen LogP contribution in [0.3, 0.4) is 0 Å². The average molecular weight is 343 g/mol. The van der Waals surface area contributed by atoms with Gasteiger partial charge in [-0.1, -0.05) is 19.8 Å². The SMILES string of the molecule is CCCCCNC(=S)NNC(=O)c1ccc(S(C)(=O)=O)cc1. The first-order chi connectivity index (χ1) is 10.3. The van der Waals surface area contributed by atoms with Gasteiger partial charge in [-0.2, -0.15) is 0 Å². The van der Waals surface area contributed by atoms with Crippen LogP contribution in [0, 0.1) is 0 Å². The molecule has 0 spiro atoms. The first kappa shape index (κ1) is 18.4. The molecular weight excluding hydrogens is 322 g/mol. The van der Waals surface area contributed by atoms with Crippen molar-refractivity contribution in [2.75, 3.05) is 12.8 Å². The van der Waals surface area contributed by atoms with Crippen molar-refractivity contribution < 1.29 is 13.2 Å². The monoisotopic (exact) mass is 343 g/mol. The second-order valence-corrected chi connectivity index (χ2v) is 7.26. The highest BCUT2D eigenvalue weighted by Gasteiger charge is 2.09. The Morgan fingerprint density at radius 3 is 2.32 bits per heavy atom. The van der Waals surface area contributed by atoms with E-state index >= 15 is 0 Å². The molecule has 0 unspecified atom stereocenters. The van der Waals surface area contributed by atoms with Gasteiger partial charge in [0.2, 0.25) is 0 Å². The molecule has 0 aromatic heterocycles. The minimum Gasteiger partial charge on any atom is -0.361 e. The van der Waals surface area contributed by atoms with Gasteiger partial charge >= 0.3 is 0 Å². The molecule has 0 bridgehead atoms. The molecule has 8 heteroatoms. The van der Waals surface area contributed by atoms with Crippen LogP contribution in [0.5, 0.6) is 0 Å². The van der Waals surface area contributed by atoms with E-state index in [9.17, 15) is 13.2 Å². The number of nitrogens with one attached hydrogen (secondary N) is 3. The first-order valence-electron chi connectivity index (χ1n) is 6.99. The Balaban J connectivity index is 2.44. The number of amides is 1. The number of carbonyl (C=O) groups is 1. The zero-order valence-corrected chi connectivity index (χ0v) is 14.3. The Bertz CT molecular complexity index is 613. The van der Waals surface area contributed by atoms with Gasteiger partial charge in [0.05, 0.1) is 4.90 Å². The molecule has 0 radical (unpaired) electrons. The van der Waals surface area contributed by atoms with Crippen LogP contribution in [-0.4, -0.2) is 32.2 Å². The molecule has 6 nitrogen and oxygen atoms in total. The highest BCUT2D eigenvalue weighted by Crippen LogP contribution is 2.09. The van der Waals surface area contributed by atoms with Gasteiger partial charge < -0.3 is 5.32 Å². The van der Waals surface area contributed by atoms with Gasteiger partial charge in [0, 0.05) is 18.4 Å². The van der Waals surface area contributed by atoms with Crippen molar-refractivity contribution in [3.63, 3.8) is 0 Å². The van der Waals surface area contributed by atoms with Gasteiger partial charge in [0.25, 0.3) is 5.91 Å². The quantitative estimate of drug-likeness (QED) is 0.411. The highest BCUT2D eigenvalue weighted by atomic mass is 32.2. The van der Waals surface area contributed by atoms with Gasteiger partial charge in [0.1, 0.15) is 0 Å². The number of hydrazine groups is 1. The van der Waals surface area contributed by atoms with Gasteiger partial charge in [-0.05, 0) is 42.9 Å². The summed E-state index contributed by atoms with van der Waals surface area (Å²) in [6.45, 7) is 2.87. The Morgan fingerprint density at radius 2 is 1.77 bits per heavy atom. The van der Waals surface area contributed by atoms with E-state index in [0.717, 1.165) is 32.1 Å². The molecule has 0 fully saturated rings. The number of benzene rings is 1. The van der Waals surface area contributed by atoms with Crippen molar-refractivity contribution in [3.8, 4) is 0 Å². The Morgan fingerprint density at radius 1 is 1.14 bits per heavy atom. The maximum absolute atomic E-state index is 11.9. The van der Waals surface area contributed by atoms with Crippen LogP contribution in [-0.2, 0) is 9.84 Å². The minimum atomic E-state index is -3.26. The summed E-state index contributed by atoms with van der Waals surface area (Å²) in [4.78, 5) is 12.0. The molecule has 0 saturated heterocycles. The summed E-state index contributed by atoms with van der Waals surface area (Å²) in [6.07, 6.45) is 4.38. The fraction of sp³-hybridized carbons (Fsp3) is 0.429. The van der Waals surface area contributed by atoms with Crippen molar-refractivity contribution in [1.82, 2.24) is 16.2 Å². The molecule has 0 aliphatic carbocycles. The van der Waals surface area contributed by atoms with Crippen molar-refractivity contribution in [3.05, 3.63) is 29.8 Å².